The zero-order chi connectivity index (χ0) is 18.0. The molecule has 1 N–H and O–H groups in total. The van der Waals surface area contributed by atoms with Crippen LogP contribution in [0, 0.1) is 20.8 Å². The van der Waals surface area contributed by atoms with E-state index < -0.39 is 0 Å². The van der Waals surface area contributed by atoms with Gasteiger partial charge in [0.15, 0.2) is 5.65 Å². The van der Waals surface area contributed by atoms with Crippen LogP contribution in [0.5, 0.6) is 0 Å². The summed E-state index contributed by atoms with van der Waals surface area (Å²) in [6.07, 6.45) is 3.40. The minimum Gasteiger partial charge on any atom is -0.395 e. The number of aliphatic hydroxyl groups is 1. The smallest absolute Gasteiger partial charge is 0.260 e. The van der Waals surface area contributed by atoms with Gasteiger partial charge in [-0.25, -0.2) is 9.50 Å². The van der Waals surface area contributed by atoms with Crippen molar-refractivity contribution >= 4 is 11.6 Å². The van der Waals surface area contributed by atoms with Crippen LogP contribution in [0.25, 0.3) is 5.65 Å². The molecule has 25 heavy (non-hydrogen) atoms. The zero-order valence-electron chi connectivity index (χ0n) is 14.6. The van der Waals surface area contributed by atoms with Gasteiger partial charge in [0.2, 0.25) is 0 Å². The van der Waals surface area contributed by atoms with E-state index in [0.29, 0.717) is 23.4 Å². The molecule has 0 bridgehead atoms. The Morgan fingerprint density at radius 3 is 2.80 bits per heavy atom. The summed E-state index contributed by atoms with van der Waals surface area (Å²) in [5.41, 5.74) is 4.31. The van der Waals surface area contributed by atoms with Gasteiger partial charge in [-0.3, -0.25) is 9.78 Å². The second kappa shape index (κ2) is 6.98. The van der Waals surface area contributed by atoms with E-state index in [-0.39, 0.29) is 19.1 Å². The average Bonchev–Trinajstić information content (AvgIpc) is 2.91. The van der Waals surface area contributed by atoms with Gasteiger partial charge in [-0.15, -0.1) is 0 Å². The van der Waals surface area contributed by atoms with Crippen molar-refractivity contribution in [3.05, 3.63) is 58.8 Å². The number of rotatable bonds is 5. The highest BCUT2D eigenvalue weighted by molar-refractivity contribution is 6.01. The van der Waals surface area contributed by atoms with Crippen LogP contribution in [0.15, 0.2) is 30.6 Å². The second-order valence-electron chi connectivity index (χ2n) is 6.05. The Morgan fingerprint density at radius 2 is 2.12 bits per heavy atom. The van der Waals surface area contributed by atoms with Crippen molar-refractivity contribution in [3.8, 4) is 0 Å². The van der Waals surface area contributed by atoms with Gasteiger partial charge in [-0.1, -0.05) is 6.07 Å². The van der Waals surface area contributed by atoms with E-state index in [2.05, 4.69) is 15.1 Å². The highest BCUT2D eigenvalue weighted by atomic mass is 16.3. The van der Waals surface area contributed by atoms with Gasteiger partial charge in [0.05, 0.1) is 12.3 Å². The summed E-state index contributed by atoms with van der Waals surface area (Å²) in [5.74, 6) is -0.192. The summed E-state index contributed by atoms with van der Waals surface area (Å²) < 4.78 is 1.69. The number of carbonyl (C=O) groups excluding carboxylic acids is 1. The van der Waals surface area contributed by atoms with Crippen LogP contribution in [0.4, 0.5) is 0 Å². The monoisotopic (exact) mass is 339 g/mol. The van der Waals surface area contributed by atoms with E-state index in [1.54, 1.807) is 28.7 Å². The summed E-state index contributed by atoms with van der Waals surface area (Å²) >= 11 is 0. The van der Waals surface area contributed by atoms with E-state index in [9.17, 15) is 9.90 Å². The Labute approximate surface area is 146 Å². The number of aryl methyl sites for hydroxylation is 3. The first-order chi connectivity index (χ1) is 12.0. The van der Waals surface area contributed by atoms with Crippen LogP contribution in [-0.4, -0.2) is 48.6 Å². The molecule has 7 nitrogen and oxygen atoms in total. The van der Waals surface area contributed by atoms with Gasteiger partial charge in [0.1, 0.15) is 5.56 Å². The Bertz CT molecular complexity index is 905. The van der Waals surface area contributed by atoms with Crippen LogP contribution in [-0.2, 0) is 6.54 Å². The molecule has 0 aliphatic carbocycles. The number of aromatic nitrogens is 4. The third-order valence-corrected chi connectivity index (χ3v) is 4.04. The van der Waals surface area contributed by atoms with Crippen LogP contribution >= 0.6 is 0 Å². The largest absolute Gasteiger partial charge is 0.395 e. The summed E-state index contributed by atoms with van der Waals surface area (Å²) in [6.45, 7) is 6.12. The molecule has 3 aromatic rings. The molecule has 130 valence electrons. The van der Waals surface area contributed by atoms with Gasteiger partial charge in [0, 0.05) is 36.9 Å². The maximum Gasteiger partial charge on any atom is 0.260 e. The van der Waals surface area contributed by atoms with Crippen LogP contribution in [0.2, 0.25) is 0 Å². The number of hydrogen-bond acceptors (Lipinski definition) is 5. The predicted octanol–water partition coefficient (Wildman–Crippen LogP) is 1.68. The Kier molecular flexibility index (Phi) is 4.76. The molecule has 3 aromatic heterocycles. The Hall–Kier alpha value is -2.80. The maximum atomic E-state index is 13.2. The van der Waals surface area contributed by atoms with Crippen molar-refractivity contribution in [3.63, 3.8) is 0 Å². The van der Waals surface area contributed by atoms with Crippen molar-refractivity contribution in [1.82, 2.24) is 24.5 Å². The van der Waals surface area contributed by atoms with Gasteiger partial charge >= 0.3 is 0 Å². The van der Waals surface area contributed by atoms with Crippen molar-refractivity contribution in [2.24, 2.45) is 0 Å². The fourth-order valence-electron chi connectivity index (χ4n) is 2.92. The van der Waals surface area contributed by atoms with Crippen LogP contribution < -0.4 is 0 Å². The third-order valence-electron chi connectivity index (χ3n) is 4.04. The first-order valence-corrected chi connectivity index (χ1v) is 8.14. The van der Waals surface area contributed by atoms with Gasteiger partial charge in [0.25, 0.3) is 5.91 Å². The topological polar surface area (TPSA) is 83.6 Å². The molecule has 3 rings (SSSR count). The highest BCUT2D eigenvalue weighted by Crippen LogP contribution is 2.19. The molecule has 1 amide bonds. The van der Waals surface area contributed by atoms with E-state index in [1.165, 1.54) is 0 Å². The van der Waals surface area contributed by atoms with Crippen molar-refractivity contribution in [2.75, 3.05) is 13.2 Å². The summed E-state index contributed by atoms with van der Waals surface area (Å²) in [7, 11) is 0. The minimum atomic E-state index is -0.192. The van der Waals surface area contributed by atoms with E-state index in [4.69, 9.17) is 0 Å². The van der Waals surface area contributed by atoms with Crippen LogP contribution in [0.1, 0.15) is 33.0 Å². The molecule has 3 heterocycles. The summed E-state index contributed by atoms with van der Waals surface area (Å²) in [4.78, 5) is 23.3. The fraction of sp³-hybridized carbons (Fsp3) is 0.333. The quantitative estimate of drug-likeness (QED) is 0.765. The number of fused-ring (bicyclic) bond motifs is 1. The molecule has 0 saturated carbocycles. The lowest BCUT2D eigenvalue weighted by atomic mass is 10.2. The molecular weight excluding hydrogens is 318 g/mol. The number of nitrogens with zero attached hydrogens (tertiary/aromatic N) is 5. The van der Waals surface area contributed by atoms with Gasteiger partial charge in [-0.2, -0.15) is 5.10 Å². The standard InChI is InChI=1S/C18H21N5O2/c1-12-9-13(2)23-17(20-12)16(14(3)21-23)18(25)22(7-8-24)11-15-5-4-6-19-10-15/h4-6,9-10,24H,7-8,11H2,1-3H3. The number of carbonyl (C=O) groups is 1. The number of aliphatic hydroxyl groups excluding tert-OH is 1. The molecule has 0 aliphatic heterocycles. The molecule has 0 aromatic carbocycles. The molecular formula is C18H21N5O2. The summed E-state index contributed by atoms with van der Waals surface area (Å²) in [6, 6.07) is 5.65. The Balaban J connectivity index is 2.02. The van der Waals surface area contributed by atoms with Gasteiger partial charge in [-0.05, 0) is 38.5 Å². The molecule has 0 saturated heterocycles. The lowest BCUT2D eigenvalue weighted by Crippen LogP contribution is -2.33. The van der Waals surface area contributed by atoms with Crippen molar-refractivity contribution in [1.29, 1.82) is 0 Å². The number of hydrogen-bond donors (Lipinski definition) is 1. The predicted molar refractivity (Wildman–Crippen MR) is 93.3 cm³/mol. The van der Waals surface area contributed by atoms with Gasteiger partial charge < -0.3 is 10.0 Å². The number of amides is 1. The third kappa shape index (κ3) is 3.36. The zero-order valence-corrected chi connectivity index (χ0v) is 14.6. The van der Waals surface area contributed by atoms with Crippen molar-refractivity contribution in [2.45, 2.75) is 27.3 Å². The molecule has 0 spiro atoms. The normalized spacial score (nSPS) is 11.0. The lowest BCUT2D eigenvalue weighted by molar-refractivity contribution is 0.0708. The molecule has 0 unspecified atom stereocenters. The highest BCUT2D eigenvalue weighted by Gasteiger charge is 2.24. The van der Waals surface area contributed by atoms with Crippen molar-refractivity contribution < 1.29 is 9.90 Å². The lowest BCUT2D eigenvalue weighted by Gasteiger charge is -2.21. The SMILES string of the molecule is Cc1cc(C)n2nc(C)c(C(=O)N(CCO)Cc3cccnc3)c2n1. The first kappa shape index (κ1) is 17.0. The fourth-order valence-corrected chi connectivity index (χ4v) is 2.92. The van der Waals surface area contributed by atoms with Crippen LogP contribution in [0.3, 0.4) is 0 Å². The molecule has 0 radical (unpaired) electrons. The van der Waals surface area contributed by atoms with E-state index in [1.807, 2.05) is 32.0 Å². The second-order valence-corrected chi connectivity index (χ2v) is 6.05. The molecule has 0 atom stereocenters. The molecule has 0 aliphatic rings. The molecule has 0 fully saturated rings. The maximum absolute atomic E-state index is 13.2. The molecule has 7 heteroatoms. The average molecular weight is 339 g/mol. The summed E-state index contributed by atoms with van der Waals surface area (Å²) in [5, 5.41) is 13.8. The van der Waals surface area contributed by atoms with E-state index in [0.717, 1.165) is 17.0 Å². The first-order valence-electron chi connectivity index (χ1n) is 8.14. The number of pyridine rings is 1. The van der Waals surface area contributed by atoms with E-state index >= 15 is 0 Å². The Morgan fingerprint density at radius 1 is 1.32 bits per heavy atom. The minimum absolute atomic E-state index is 0.115.